The molecule has 4 nitrogen and oxygen atoms in total. The summed E-state index contributed by atoms with van der Waals surface area (Å²) >= 11 is 0. The lowest BCUT2D eigenvalue weighted by atomic mass is 10.3. The standard InChI is InChI=1S/C11H25NO3/c1-3-14-8-5-4-6-12-7-9-15-11-10-13-2/h12H,3-11H2,1-2H3. The van der Waals surface area contributed by atoms with Gasteiger partial charge in [0, 0.05) is 26.9 Å². The number of methoxy groups -OCH3 is 1. The van der Waals surface area contributed by atoms with E-state index in [1.165, 1.54) is 0 Å². The van der Waals surface area contributed by atoms with Crippen molar-refractivity contribution in [3.05, 3.63) is 0 Å². The maximum Gasteiger partial charge on any atom is 0.0700 e. The summed E-state index contributed by atoms with van der Waals surface area (Å²) < 4.78 is 15.4. The van der Waals surface area contributed by atoms with Crippen molar-refractivity contribution < 1.29 is 14.2 Å². The van der Waals surface area contributed by atoms with Crippen molar-refractivity contribution >= 4 is 0 Å². The Morgan fingerprint density at radius 3 is 2.47 bits per heavy atom. The van der Waals surface area contributed by atoms with E-state index < -0.39 is 0 Å². The summed E-state index contributed by atoms with van der Waals surface area (Å²) in [6, 6.07) is 0. The predicted molar refractivity (Wildman–Crippen MR) is 61.3 cm³/mol. The normalized spacial score (nSPS) is 10.8. The highest BCUT2D eigenvalue weighted by Crippen LogP contribution is 1.87. The molecule has 0 aliphatic heterocycles. The van der Waals surface area contributed by atoms with Gasteiger partial charge in [-0.15, -0.1) is 0 Å². The van der Waals surface area contributed by atoms with Crippen molar-refractivity contribution in [3.63, 3.8) is 0 Å². The summed E-state index contributed by atoms with van der Waals surface area (Å²) in [5.41, 5.74) is 0. The van der Waals surface area contributed by atoms with Crippen LogP contribution in [0.3, 0.4) is 0 Å². The molecule has 92 valence electrons. The lowest BCUT2D eigenvalue weighted by Crippen LogP contribution is -2.21. The average molecular weight is 219 g/mol. The zero-order valence-corrected chi connectivity index (χ0v) is 10.1. The molecule has 0 saturated carbocycles. The van der Waals surface area contributed by atoms with E-state index in [4.69, 9.17) is 14.2 Å². The first-order valence-corrected chi connectivity index (χ1v) is 5.77. The highest BCUT2D eigenvalue weighted by molar-refractivity contribution is 4.47. The molecule has 0 aromatic carbocycles. The van der Waals surface area contributed by atoms with Gasteiger partial charge in [-0.3, -0.25) is 0 Å². The summed E-state index contributed by atoms with van der Waals surface area (Å²) in [6.07, 6.45) is 2.30. The smallest absolute Gasteiger partial charge is 0.0700 e. The van der Waals surface area contributed by atoms with E-state index in [9.17, 15) is 0 Å². The average Bonchev–Trinajstić information content (AvgIpc) is 2.26. The minimum atomic E-state index is 0.675. The fourth-order valence-electron chi connectivity index (χ4n) is 1.11. The van der Waals surface area contributed by atoms with Gasteiger partial charge in [-0.2, -0.15) is 0 Å². The molecule has 0 bridgehead atoms. The van der Waals surface area contributed by atoms with E-state index >= 15 is 0 Å². The summed E-state index contributed by atoms with van der Waals surface area (Å²) in [4.78, 5) is 0. The lowest BCUT2D eigenvalue weighted by Gasteiger charge is -2.05. The van der Waals surface area contributed by atoms with Crippen LogP contribution in [0.5, 0.6) is 0 Å². The van der Waals surface area contributed by atoms with Gasteiger partial charge in [-0.1, -0.05) is 0 Å². The third kappa shape index (κ3) is 13.8. The molecule has 4 heteroatoms. The largest absolute Gasteiger partial charge is 0.382 e. The van der Waals surface area contributed by atoms with Crippen LogP contribution >= 0.6 is 0 Å². The molecule has 15 heavy (non-hydrogen) atoms. The Balaban J connectivity index is 2.81. The van der Waals surface area contributed by atoms with Gasteiger partial charge in [0.15, 0.2) is 0 Å². The third-order valence-corrected chi connectivity index (χ3v) is 1.95. The summed E-state index contributed by atoms with van der Waals surface area (Å²) in [6.45, 7) is 7.80. The minimum Gasteiger partial charge on any atom is -0.382 e. The van der Waals surface area contributed by atoms with Crippen molar-refractivity contribution in [1.29, 1.82) is 0 Å². The van der Waals surface area contributed by atoms with Crippen LogP contribution in [0.25, 0.3) is 0 Å². The molecule has 0 heterocycles. The zero-order valence-electron chi connectivity index (χ0n) is 10.1. The van der Waals surface area contributed by atoms with Crippen molar-refractivity contribution in [2.75, 3.05) is 53.2 Å². The monoisotopic (exact) mass is 219 g/mol. The third-order valence-electron chi connectivity index (χ3n) is 1.95. The summed E-state index contributed by atoms with van der Waals surface area (Å²) in [5, 5.41) is 3.32. The first-order valence-electron chi connectivity index (χ1n) is 5.77. The van der Waals surface area contributed by atoms with Gasteiger partial charge in [0.05, 0.1) is 19.8 Å². The molecular weight excluding hydrogens is 194 g/mol. The molecule has 0 atom stereocenters. The van der Waals surface area contributed by atoms with Gasteiger partial charge >= 0.3 is 0 Å². The molecule has 0 spiro atoms. The number of hydrogen-bond donors (Lipinski definition) is 1. The second-order valence-corrected chi connectivity index (χ2v) is 3.26. The van der Waals surface area contributed by atoms with Crippen LogP contribution in [-0.4, -0.2) is 53.2 Å². The first-order chi connectivity index (χ1) is 7.41. The quantitative estimate of drug-likeness (QED) is 0.498. The molecule has 0 saturated heterocycles. The number of rotatable bonds is 12. The fraction of sp³-hybridized carbons (Fsp3) is 1.00. The Kier molecular flexibility index (Phi) is 13.7. The highest BCUT2D eigenvalue weighted by Gasteiger charge is 1.90. The molecule has 0 amide bonds. The zero-order chi connectivity index (χ0) is 11.2. The molecule has 0 aliphatic rings. The fourth-order valence-corrected chi connectivity index (χ4v) is 1.11. The Morgan fingerprint density at radius 2 is 1.73 bits per heavy atom. The number of hydrogen-bond acceptors (Lipinski definition) is 4. The van der Waals surface area contributed by atoms with Gasteiger partial charge in [0.1, 0.15) is 0 Å². The number of unbranched alkanes of at least 4 members (excludes halogenated alkanes) is 1. The molecule has 0 aliphatic carbocycles. The van der Waals surface area contributed by atoms with E-state index in [1.54, 1.807) is 7.11 Å². The van der Waals surface area contributed by atoms with Crippen LogP contribution in [0, 0.1) is 0 Å². The van der Waals surface area contributed by atoms with Gasteiger partial charge in [-0.25, -0.2) is 0 Å². The summed E-state index contributed by atoms with van der Waals surface area (Å²) in [5.74, 6) is 0. The SMILES string of the molecule is CCOCCCCNCCOCCOC. The van der Waals surface area contributed by atoms with Gasteiger partial charge in [-0.05, 0) is 26.3 Å². The van der Waals surface area contributed by atoms with Crippen LogP contribution in [0.2, 0.25) is 0 Å². The van der Waals surface area contributed by atoms with E-state index in [1.807, 2.05) is 6.92 Å². The van der Waals surface area contributed by atoms with Crippen molar-refractivity contribution in [2.45, 2.75) is 19.8 Å². The Hall–Kier alpha value is -0.160. The first kappa shape index (κ1) is 14.8. The topological polar surface area (TPSA) is 39.7 Å². The second-order valence-electron chi connectivity index (χ2n) is 3.26. The maximum atomic E-state index is 5.31. The van der Waals surface area contributed by atoms with E-state index in [-0.39, 0.29) is 0 Å². The van der Waals surface area contributed by atoms with Gasteiger partial charge in [0.25, 0.3) is 0 Å². The van der Waals surface area contributed by atoms with E-state index in [0.717, 1.165) is 45.8 Å². The Bertz CT molecular complexity index is 100. The van der Waals surface area contributed by atoms with Crippen LogP contribution in [0.15, 0.2) is 0 Å². The Morgan fingerprint density at radius 1 is 0.867 bits per heavy atom. The molecule has 0 rings (SSSR count). The molecule has 0 radical (unpaired) electrons. The van der Waals surface area contributed by atoms with E-state index in [2.05, 4.69) is 5.32 Å². The lowest BCUT2D eigenvalue weighted by molar-refractivity contribution is 0.0719. The molecule has 0 aromatic heterocycles. The van der Waals surface area contributed by atoms with Crippen LogP contribution in [-0.2, 0) is 14.2 Å². The van der Waals surface area contributed by atoms with Crippen LogP contribution in [0.4, 0.5) is 0 Å². The minimum absolute atomic E-state index is 0.675. The van der Waals surface area contributed by atoms with Gasteiger partial charge in [0.2, 0.25) is 0 Å². The number of nitrogens with one attached hydrogen (secondary N) is 1. The predicted octanol–water partition coefficient (Wildman–Crippen LogP) is 1.06. The van der Waals surface area contributed by atoms with Crippen molar-refractivity contribution in [1.82, 2.24) is 5.32 Å². The number of ether oxygens (including phenoxy) is 3. The van der Waals surface area contributed by atoms with Gasteiger partial charge < -0.3 is 19.5 Å². The highest BCUT2D eigenvalue weighted by atomic mass is 16.5. The molecular formula is C11H25NO3. The van der Waals surface area contributed by atoms with Crippen molar-refractivity contribution in [2.24, 2.45) is 0 Å². The van der Waals surface area contributed by atoms with Crippen LogP contribution < -0.4 is 5.32 Å². The Labute approximate surface area is 93.3 Å². The van der Waals surface area contributed by atoms with Crippen molar-refractivity contribution in [3.8, 4) is 0 Å². The molecule has 0 fully saturated rings. The van der Waals surface area contributed by atoms with E-state index in [0.29, 0.717) is 13.2 Å². The summed E-state index contributed by atoms with van der Waals surface area (Å²) in [7, 11) is 1.68. The van der Waals surface area contributed by atoms with Crippen LogP contribution in [0.1, 0.15) is 19.8 Å². The molecule has 1 N–H and O–H groups in total. The molecule has 0 unspecified atom stereocenters. The second kappa shape index (κ2) is 13.8. The maximum absolute atomic E-state index is 5.31. The molecule has 0 aromatic rings.